The lowest BCUT2D eigenvalue weighted by molar-refractivity contribution is 0.394. The zero-order valence-corrected chi connectivity index (χ0v) is 11.4. The fraction of sp³-hybridized carbons (Fsp3) is 0.500. The molecular formula is C16H19N3. The molecule has 3 nitrogen and oxygen atoms in total. The van der Waals surface area contributed by atoms with Gasteiger partial charge in [-0.1, -0.05) is 12.1 Å². The highest BCUT2D eigenvalue weighted by Crippen LogP contribution is 2.52. The van der Waals surface area contributed by atoms with Crippen LogP contribution in [0.1, 0.15) is 31.2 Å². The second-order valence-corrected chi connectivity index (χ2v) is 6.19. The van der Waals surface area contributed by atoms with Gasteiger partial charge in [-0.15, -0.1) is 0 Å². The molecule has 2 fully saturated rings. The Bertz CT molecular complexity index is 631. The number of rotatable bonds is 1. The first-order valence-electron chi connectivity index (χ1n) is 7.23. The smallest absolute Gasteiger partial charge is 0.139 e. The van der Waals surface area contributed by atoms with Crippen LogP contribution in [0.4, 0.5) is 5.82 Å². The first-order chi connectivity index (χ1) is 9.27. The number of fused-ring (bicyclic) bond motifs is 1. The predicted octanol–water partition coefficient (Wildman–Crippen LogP) is 3.32. The molecule has 0 radical (unpaired) electrons. The Kier molecular flexibility index (Phi) is 2.32. The third-order valence-corrected chi connectivity index (χ3v) is 4.76. The number of aryl methyl sites for hydroxylation is 1. The molecule has 1 saturated carbocycles. The van der Waals surface area contributed by atoms with E-state index in [-0.39, 0.29) is 0 Å². The van der Waals surface area contributed by atoms with E-state index in [1.807, 2.05) is 0 Å². The molecular weight excluding hydrogens is 234 g/mol. The molecule has 1 aromatic carbocycles. The maximum Gasteiger partial charge on any atom is 0.139 e. The van der Waals surface area contributed by atoms with Gasteiger partial charge in [-0.25, -0.2) is 9.97 Å². The van der Waals surface area contributed by atoms with Crippen LogP contribution in [0.2, 0.25) is 0 Å². The molecule has 1 saturated heterocycles. The lowest BCUT2D eigenvalue weighted by Crippen LogP contribution is -2.37. The summed E-state index contributed by atoms with van der Waals surface area (Å²) in [5.41, 5.74) is 2.96. The van der Waals surface area contributed by atoms with Crippen molar-refractivity contribution in [3.8, 4) is 0 Å². The van der Waals surface area contributed by atoms with E-state index in [0.717, 1.165) is 17.9 Å². The fourth-order valence-corrected chi connectivity index (χ4v) is 3.45. The van der Waals surface area contributed by atoms with Crippen LogP contribution >= 0.6 is 0 Å². The first kappa shape index (κ1) is 11.2. The van der Waals surface area contributed by atoms with Gasteiger partial charge in [0.15, 0.2) is 0 Å². The summed E-state index contributed by atoms with van der Waals surface area (Å²) in [6.07, 6.45) is 7.25. The monoisotopic (exact) mass is 253 g/mol. The SMILES string of the molecule is Cc1cccc2c(N3CCCC4(CC4)C3)ncnc12. The van der Waals surface area contributed by atoms with Crippen LogP contribution in [0, 0.1) is 12.3 Å². The molecule has 1 aromatic heterocycles. The summed E-state index contributed by atoms with van der Waals surface area (Å²) in [7, 11) is 0. The molecule has 0 N–H and O–H groups in total. The summed E-state index contributed by atoms with van der Waals surface area (Å²) in [5, 5.41) is 1.21. The maximum atomic E-state index is 4.58. The number of piperidine rings is 1. The third kappa shape index (κ3) is 1.79. The Morgan fingerprint density at radius 3 is 2.89 bits per heavy atom. The van der Waals surface area contributed by atoms with Gasteiger partial charge in [0.2, 0.25) is 0 Å². The van der Waals surface area contributed by atoms with Gasteiger partial charge in [0.25, 0.3) is 0 Å². The van der Waals surface area contributed by atoms with E-state index in [9.17, 15) is 0 Å². The van der Waals surface area contributed by atoms with E-state index in [0.29, 0.717) is 5.41 Å². The molecule has 98 valence electrons. The third-order valence-electron chi connectivity index (χ3n) is 4.76. The van der Waals surface area contributed by atoms with Gasteiger partial charge in [-0.05, 0) is 49.7 Å². The predicted molar refractivity (Wildman–Crippen MR) is 77.4 cm³/mol. The Morgan fingerprint density at radius 1 is 1.16 bits per heavy atom. The topological polar surface area (TPSA) is 29.0 Å². The molecule has 4 rings (SSSR count). The van der Waals surface area contributed by atoms with Crippen LogP contribution in [0.15, 0.2) is 24.5 Å². The summed E-state index contributed by atoms with van der Waals surface area (Å²) >= 11 is 0. The number of anilines is 1. The largest absolute Gasteiger partial charge is 0.355 e. The molecule has 0 bridgehead atoms. The minimum absolute atomic E-state index is 0.624. The summed E-state index contributed by atoms with van der Waals surface area (Å²) in [6, 6.07) is 6.39. The lowest BCUT2D eigenvalue weighted by atomic mass is 9.95. The Morgan fingerprint density at radius 2 is 2.05 bits per heavy atom. The highest BCUT2D eigenvalue weighted by atomic mass is 15.2. The number of hydrogen-bond donors (Lipinski definition) is 0. The average molecular weight is 253 g/mol. The van der Waals surface area contributed by atoms with Gasteiger partial charge in [0, 0.05) is 18.5 Å². The lowest BCUT2D eigenvalue weighted by Gasteiger charge is -2.34. The molecule has 1 aliphatic heterocycles. The van der Waals surface area contributed by atoms with Crippen LogP contribution in [-0.2, 0) is 0 Å². The van der Waals surface area contributed by atoms with Crippen molar-refractivity contribution in [3.05, 3.63) is 30.1 Å². The number of hydrogen-bond acceptors (Lipinski definition) is 3. The Labute approximate surface area is 113 Å². The molecule has 1 aliphatic carbocycles. The molecule has 2 aromatic rings. The standard InChI is InChI=1S/C16H19N3/c1-12-4-2-5-13-14(12)17-11-18-15(13)19-9-3-6-16(10-19)7-8-16/h2,4-5,11H,3,6-10H2,1H3. The Hall–Kier alpha value is -1.64. The number of benzene rings is 1. The minimum atomic E-state index is 0.624. The number of aromatic nitrogens is 2. The summed E-state index contributed by atoms with van der Waals surface area (Å²) < 4.78 is 0. The van der Waals surface area contributed by atoms with Gasteiger partial charge >= 0.3 is 0 Å². The van der Waals surface area contributed by atoms with E-state index in [1.54, 1.807) is 6.33 Å². The molecule has 3 heteroatoms. The van der Waals surface area contributed by atoms with Gasteiger partial charge in [-0.3, -0.25) is 0 Å². The molecule has 2 heterocycles. The average Bonchev–Trinajstić information content (AvgIpc) is 3.18. The van der Waals surface area contributed by atoms with E-state index < -0.39 is 0 Å². The Balaban J connectivity index is 1.80. The first-order valence-corrected chi connectivity index (χ1v) is 7.23. The van der Waals surface area contributed by atoms with E-state index in [4.69, 9.17) is 0 Å². The zero-order chi connectivity index (χ0) is 12.9. The van der Waals surface area contributed by atoms with E-state index in [1.165, 1.54) is 43.2 Å². The van der Waals surface area contributed by atoms with Gasteiger partial charge in [-0.2, -0.15) is 0 Å². The molecule has 19 heavy (non-hydrogen) atoms. The van der Waals surface area contributed by atoms with Crippen molar-refractivity contribution >= 4 is 16.7 Å². The molecule has 2 aliphatic rings. The summed E-state index contributed by atoms with van der Waals surface area (Å²) in [6.45, 7) is 4.45. The van der Waals surface area contributed by atoms with Gasteiger partial charge in [0.1, 0.15) is 12.1 Å². The van der Waals surface area contributed by atoms with Crippen molar-refractivity contribution < 1.29 is 0 Å². The fourth-order valence-electron chi connectivity index (χ4n) is 3.45. The zero-order valence-electron chi connectivity index (χ0n) is 11.4. The minimum Gasteiger partial charge on any atom is -0.355 e. The van der Waals surface area contributed by atoms with Crippen molar-refractivity contribution in [1.29, 1.82) is 0 Å². The van der Waals surface area contributed by atoms with Crippen molar-refractivity contribution in [2.24, 2.45) is 5.41 Å². The molecule has 0 unspecified atom stereocenters. The van der Waals surface area contributed by atoms with Crippen molar-refractivity contribution in [1.82, 2.24) is 9.97 Å². The normalized spacial score (nSPS) is 21.0. The van der Waals surface area contributed by atoms with Gasteiger partial charge < -0.3 is 4.90 Å². The highest BCUT2D eigenvalue weighted by molar-refractivity contribution is 5.91. The number of para-hydroxylation sites is 1. The van der Waals surface area contributed by atoms with Crippen LogP contribution in [0.3, 0.4) is 0 Å². The molecule has 0 atom stereocenters. The van der Waals surface area contributed by atoms with E-state index >= 15 is 0 Å². The molecule has 0 amide bonds. The summed E-state index contributed by atoms with van der Waals surface area (Å²) in [5.74, 6) is 1.14. The second-order valence-electron chi connectivity index (χ2n) is 6.19. The highest BCUT2D eigenvalue weighted by Gasteiger charge is 2.45. The van der Waals surface area contributed by atoms with Crippen LogP contribution in [-0.4, -0.2) is 23.1 Å². The van der Waals surface area contributed by atoms with Crippen molar-refractivity contribution in [2.75, 3.05) is 18.0 Å². The van der Waals surface area contributed by atoms with Crippen molar-refractivity contribution in [3.63, 3.8) is 0 Å². The quantitative estimate of drug-likeness (QED) is 0.780. The van der Waals surface area contributed by atoms with Crippen molar-refractivity contribution in [2.45, 2.75) is 32.6 Å². The van der Waals surface area contributed by atoms with Crippen LogP contribution in [0.25, 0.3) is 10.9 Å². The van der Waals surface area contributed by atoms with Crippen LogP contribution < -0.4 is 4.90 Å². The van der Waals surface area contributed by atoms with Crippen LogP contribution in [0.5, 0.6) is 0 Å². The van der Waals surface area contributed by atoms with E-state index in [2.05, 4.69) is 40.0 Å². The number of nitrogens with zero attached hydrogens (tertiary/aromatic N) is 3. The summed E-state index contributed by atoms with van der Waals surface area (Å²) in [4.78, 5) is 11.5. The maximum absolute atomic E-state index is 4.58. The van der Waals surface area contributed by atoms with Gasteiger partial charge in [0.05, 0.1) is 5.52 Å². The second kappa shape index (κ2) is 3.92. The molecule has 1 spiro atoms.